The van der Waals surface area contributed by atoms with Gasteiger partial charge in [-0.3, -0.25) is 19.7 Å². The van der Waals surface area contributed by atoms with Gasteiger partial charge in [0.2, 0.25) is 11.8 Å². The third-order valence-corrected chi connectivity index (χ3v) is 4.16. The Balaban J connectivity index is 1.84. The van der Waals surface area contributed by atoms with Crippen molar-refractivity contribution in [3.63, 3.8) is 0 Å². The molecule has 0 heterocycles. The van der Waals surface area contributed by atoms with Crippen molar-refractivity contribution in [2.24, 2.45) is 5.10 Å². The number of halogens is 1. The maximum absolute atomic E-state index is 12.0. The van der Waals surface area contributed by atoms with Crippen LogP contribution in [0.5, 0.6) is 0 Å². The zero-order valence-corrected chi connectivity index (χ0v) is 16.1. The molecule has 0 aliphatic heterocycles. The number of benzene rings is 2. The summed E-state index contributed by atoms with van der Waals surface area (Å²) in [5.74, 6) is -0.749. The molecule has 9 heteroatoms. The highest BCUT2D eigenvalue weighted by Crippen LogP contribution is 2.20. The van der Waals surface area contributed by atoms with Gasteiger partial charge in [-0.2, -0.15) is 5.10 Å². The lowest BCUT2D eigenvalue weighted by Gasteiger charge is -2.08. The van der Waals surface area contributed by atoms with Gasteiger partial charge in [-0.25, -0.2) is 5.43 Å². The number of hydrogen-bond acceptors (Lipinski definition) is 5. The average Bonchev–Trinajstić information content (AvgIpc) is 2.63. The van der Waals surface area contributed by atoms with Crippen molar-refractivity contribution in [2.75, 3.05) is 5.32 Å². The Morgan fingerprint density at radius 2 is 1.86 bits per heavy atom. The van der Waals surface area contributed by atoms with Crippen LogP contribution in [0.3, 0.4) is 0 Å². The van der Waals surface area contributed by atoms with E-state index in [0.29, 0.717) is 11.3 Å². The Kier molecular flexibility index (Phi) is 7.22. The lowest BCUT2D eigenvalue weighted by molar-refractivity contribution is -0.384. The number of aryl methyl sites for hydroxylation is 2. The third kappa shape index (κ3) is 6.17. The van der Waals surface area contributed by atoms with Gasteiger partial charge in [0.25, 0.3) is 5.69 Å². The normalized spacial score (nSPS) is 10.7. The molecule has 0 aliphatic rings. The minimum atomic E-state index is -0.555. The highest BCUT2D eigenvalue weighted by Gasteiger charge is 2.10. The number of amides is 2. The Hall–Kier alpha value is -3.26. The second kappa shape index (κ2) is 9.61. The van der Waals surface area contributed by atoms with Crippen LogP contribution in [0.15, 0.2) is 41.5 Å². The summed E-state index contributed by atoms with van der Waals surface area (Å²) >= 11 is 5.94. The molecule has 0 aliphatic carbocycles. The Bertz CT molecular complexity index is 944. The number of non-ortho nitro benzene ring substituents is 1. The van der Waals surface area contributed by atoms with Crippen LogP contribution >= 0.6 is 11.6 Å². The van der Waals surface area contributed by atoms with E-state index >= 15 is 0 Å². The highest BCUT2D eigenvalue weighted by molar-refractivity contribution is 6.33. The molecular formula is C19H19ClN4O4. The van der Waals surface area contributed by atoms with Crippen molar-refractivity contribution in [2.45, 2.75) is 26.7 Å². The van der Waals surface area contributed by atoms with Gasteiger partial charge in [0.15, 0.2) is 0 Å². The summed E-state index contributed by atoms with van der Waals surface area (Å²) in [4.78, 5) is 34.0. The average molecular weight is 403 g/mol. The van der Waals surface area contributed by atoms with Crippen molar-refractivity contribution in [3.05, 3.63) is 68.2 Å². The van der Waals surface area contributed by atoms with E-state index in [1.54, 1.807) is 0 Å². The number of anilines is 1. The number of nitrogens with one attached hydrogen (secondary N) is 2. The minimum Gasteiger partial charge on any atom is -0.326 e. The number of carbonyl (C=O) groups is 2. The summed E-state index contributed by atoms with van der Waals surface area (Å²) < 4.78 is 0. The maximum Gasteiger partial charge on any atom is 0.270 e. The first-order valence-corrected chi connectivity index (χ1v) is 8.77. The fraction of sp³-hybridized carbons (Fsp3) is 0.211. The Morgan fingerprint density at radius 1 is 1.14 bits per heavy atom. The van der Waals surface area contributed by atoms with Crippen LogP contribution in [0.4, 0.5) is 11.4 Å². The van der Waals surface area contributed by atoms with E-state index < -0.39 is 10.8 Å². The summed E-state index contributed by atoms with van der Waals surface area (Å²) in [6, 6.07) is 9.55. The first-order chi connectivity index (χ1) is 13.3. The monoisotopic (exact) mass is 402 g/mol. The van der Waals surface area contributed by atoms with Crippen molar-refractivity contribution >= 4 is 41.0 Å². The molecule has 0 unspecified atom stereocenters. The zero-order valence-electron chi connectivity index (χ0n) is 15.4. The first kappa shape index (κ1) is 21.0. The predicted molar refractivity (Wildman–Crippen MR) is 108 cm³/mol. The van der Waals surface area contributed by atoms with E-state index in [9.17, 15) is 19.7 Å². The quantitative estimate of drug-likeness (QED) is 0.417. The van der Waals surface area contributed by atoms with Crippen LogP contribution in [-0.4, -0.2) is 23.0 Å². The number of hydrazone groups is 1. The molecular weight excluding hydrogens is 384 g/mol. The highest BCUT2D eigenvalue weighted by atomic mass is 35.5. The van der Waals surface area contributed by atoms with E-state index in [2.05, 4.69) is 15.8 Å². The summed E-state index contributed by atoms with van der Waals surface area (Å²) in [6.45, 7) is 3.85. The molecule has 0 bridgehead atoms. The fourth-order valence-electron chi connectivity index (χ4n) is 2.37. The van der Waals surface area contributed by atoms with Crippen LogP contribution in [0.1, 0.15) is 29.5 Å². The molecule has 2 aromatic carbocycles. The molecule has 2 rings (SSSR count). The van der Waals surface area contributed by atoms with Crippen LogP contribution < -0.4 is 10.7 Å². The lowest BCUT2D eigenvalue weighted by atomic mass is 10.1. The Morgan fingerprint density at radius 3 is 2.54 bits per heavy atom. The second-order valence-electron chi connectivity index (χ2n) is 6.12. The van der Waals surface area contributed by atoms with E-state index in [1.165, 1.54) is 24.4 Å². The van der Waals surface area contributed by atoms with Crippen molar-refractivity contribution in [1.82, 2.24) is 5.43 Å². The molecule has 0 spiro atoms. The lowest BCUT2D eigenvalue weighted by Crippen LogP contribution is -2.21. The molecule has 28 heavy (non-hydrogen) atoms. The predicted octanol–water partition coefficient (Wildman–Crippen LogP) is 3.73. The molecule has 0 fully saturated rings. The van der Waals surface area contributed by atoms with Gasteiger partial charge in [0.1, 0.15) is 0 Å². The van der Waals surface area contributed by atoms with Gasteiger partial charge < -0.3 is 5.32 Å². The number of nitro groups is 1. The first-order valence-electron chi connectivity index (χ1n) is 8.39. The van der Waals surface area contributed by atoms with Crippen LogP contribution in [-0.2, 0) is 9.59 Å². The summed E-state index contributed by atoms with van der Waals surface area (Å²) in [5.41, 5.74) is 5.16. The number of hydrogen-bond donors (Lipinski definition) is 2. The summed E-state index contributed by atoms with van der Waals surface area (Å²) in [7, 11) is 0. The number of rotatable bonds is 7. The van der Waals surface area contributed by atoms with E-state index in [-0.39, 0.29) is 29.5 Å². The number of nitrogens with zero attached hydrogens (tertiary/aromatic N) is 2. The molecule has 0 aromatic heterocycles. The van der Waals surface area contributed by atoms with Gasteiger partial charge in [0, 0.05) is 41.2 Å². The van der Waals surface area contributed by atoms with E-state index in [1.807, 2.05) is 32.0 Å². The standard InChI is InChI=1S/C19H19ClN4O4/c1-12-3-6-17(13(2)9-12)22-18(25)7-8-19(26)23-21-11-14-10-15(24(27)28)4-5-16(14)20/h3-6,9-11H,7-8H2,1-2H3,(H,22,25)(H,23,26)/b21-11-. The smallest absolute Gasteiger partial charge is 0.270 e. The molecule has 8 nitrogen and oxygen atoms in total. The van der Waals surface area contributed by atoms with Crippen molar-refractivity contribution in [3.8, 4) is 0 Å². The summed E-state index contributed by atoms with van der Waals surface area (Å²) in [6.07, 6.45) is 1.14. The topological polar surface area (TPSA) is 114 Å². The molecule has 0 saturated carbocycles. The van der Waals surface area contributed by atoms with Gasteiger partial charge in [-0.05, 0) is 31.5 Å². The SMILES string of the molecule is Cc1ccc(NC(=O)CCC(=O)N/N=C\c2cc([N+](=O)[O-])ccc2Cl)c(C)c1. The maximum atomic E-state index is 12.0. The van der Waals surface area contributed by atoms with E-state index in [4.69, 9.17) is 11.6 Å². The number of carbonyl (C=O) groups excluding carboxylic acids is 2. The van der Waals surface area contributed by atoms with Gasteiger partial charge in [0.05, 0.1) is 11.1 Å². The molecule has 146 valence electrons. The van der Waals surface area contributed by atoms with Gasteiger partial charge >= 0.3 is 0 Å². The summed E-state index contributed by atoms with van der Waals surface area (Å²) in [5, 5.41) is 17.5. The molecule has 2 amide bonds. The van der Waals surface area contributed by atoms with Gasteiger partial charge in [-0.1, -0.05) is 29.3 Å². The largest absolute Gasteiger partial charge is 0.326 e. The van der Waals surface area contributed by atoms with E-state index in [0.717, 1.165) is 11.1 Å². The second-order valence-corrected chi connectivity index (χ2v) is 6.53. The Labute approximate surface area is 166 Å². The zero-order chi connectivity index (χ0) is 20.7. The third-order valence-electron chi connectivity index (χ3n) is 3.82. The van der Waals surface area contributed by atoms with Crippen LogP contribution in [0.25, 0.3) is 0 Å². The molecule has 0 radical (unpaired) electrons. The molecule has 0 atom stereocenters. The molecule has 2 N–H and O–H groups in total. The minimum absolute atomic E-state index is 0.00770. The van der Waals surface area contributed by atoms with Crippen molar-refractivity contribution < 1.29 is 14.5 Å². The number of nitro benzene ring substituents is 1. The van der Waals surface area contributed by atoms with Gasteiger partial charge in [-0.15, -0.1) is 0 Å². The molecule has 2 aromatic rings. The molecule has 0 saturated heterocycles. The van der Waals surface area contributed by atoms with Crippen molar-refractivity contribution in [1.29, 1.82) is 0 Å². The fourth-order valence-corrected chi connectivity index (χ4v) is 2.53. The van der Waals surface area contributed by atoms with Crippen LogP contribution in [0, 0.1) is 24.0 Å². The van der Waals surface area contributed by atoms with Crippen LogP contribution in [0.2, 0.25) is 5.02 Å².